The van der Waals surface area contributed by atoms with Gasteiger partial charge in [0.05, 0.1) is 13.3 Å². The van der Waals surface area contributed by atoms with Crippen LogP contribution in [0, 0.1) is 0 Å². The van der Waals surface area contributed by atoms with E-state index in [4.69, 9.17) is 4.74 Å². The fourth-order valence-corrected chi connectivity index (χ4v) is 2.17. The van der Waals surface area contributed by atoms with Crippen LogP contribution in [0.5, 0.6) is 5.75 Å². The minimum Gasteiger partial charge on any atom is -0.496 e. The molecule has 4 heteroatoms. The van der Waals surface area contributed by atoms with Crippen LogP contribution >= 0.6 is 0 Å². The maximum Gasteiger partial charge on any atom is 0.123 e. The molecule has 0 amide bonds. The topological polar surface area (TPSA) is 39.1 Å². The zero-order chi connectivity index (χ0) is 13.7. The Kier molecular flexibility index (Phi) is 4.58. The van der Waals surface area contributed by atoms with Crippen LogP contribution in [-0.2, 0) is 13.5 Å². The molecule has 0 spiro atoms. The summed E-state index contributed by atoms with van der Waals surface area (Å²) < 4.78 is 7.21. The minimum atomic E-state index is 0.271. The second kappa shape index (κ2) is 6.38. The van der Waals surface area contributed by atoms with Crippen molar-refractivity contribution in [2.75, 3.05) is 13.7 Å². The maximum atomic E-state index is 5.38. The Morgan fingerprint density at radius 3 is 2.84 bits per heavy atom. The van der Waals surface area contributed by atoms with Gasteiger partial charge in [-0.05, 0) is 31.5 Å². The summed E-state index contributed by atoms with van der Waals surface area (Å²) in [5, 5.41) is 7.68. The van der Waals surface area contributed by atoms with Crippen molar-refractivity contribution >= 4 is 0 Å². The van der Waals surface area contributed by atoms with Crippen LogP contribution in [0.2, 0.25) is 0 Å². The zero-order valence-electron chi connectivity index (χ0n) is 11.8. The van der Waals surface area contributed by atoms with Crippen molar-refractivity contribution in [2.45, 2.75) is 19.4 Å². The SMILES string of the molecule is COc1ccccc1[C@H](C)NCCc1cnn(C)c1. The number of ether oxygens (including phenoxy) is 1. The summed E-state index contributed by atoms with van der Waals surface area (Å²) in [5.74, 6) is 0.934. The van der Waals surface area contributed by atoms with E-state index in [0.29, 0.717) is 0 Å². The Labute approximate surface area is 114 Å². The second-order valence-corrected chi connectivity index (χ2v) is 4.69. The van der Waals surface area contributed by atoms with Crippen LogP contribution in [-0.4, -0.2) is 23.4 Å². The van der Waals surface area contributed by atoms with E-state index in [9.17, 15) is 0 Å². The maximum absolute atomic E-state index is 5.38. The highest BCUT2D eigenvalue weighted by molar-refractivity contribution is 5.35. The molecule has 0 aliphatic heterocycles. The molecular weight excluding hydrogens is 238 g/mol. The normalized spacial score (nSPS) is 12.4. The van der Waals surface area contributed by atoms with Crippen LogP contribution in [0.25, 0.3) is 0 Å². The highest BCUT2D eigenvalue weighted by Crippen LogP contribution is 2.24. The van der Waals surface area contributed by atoms with E-state index in [0.717, 1.165) is 18.7 Å². The predicted octanol–water partition coefficient (Wildman–Crippen LogP) is 2.32. The third kappa shape index (κ3) is 3.58. The van der Waals surface area contributed by atoms with Gasteiger partial charge in [0.1, 0.15) is 5.75 Å². The average molecular weight is 259 g/mol. The van der Waals surface area contributed by atoms with Crippen molar-refractivity contribution in [1.82, 2.24) is 15.1 Å². The van der Waals surface area contributed by atoms with Gasteiger partial charge in [0.15, 0.2) is 0 Å². The molecule has 1 N–H and O–H groups in total. The van der Waals surface area contributed by atoms with Gasteiger partial charge >= 0.3 is 0 Å². The number of nitrogens with zero attached hydrogens (tertiary/aromatic N) is 2. The summed E-state index contributed by atoms with van der Waals surface area (Å²) in [6.45, 7) is 3.08. The van der Waals surface area contributed by atoms with Gasteiger partial charge < -0.3 is 10.1 Å². The van der Waals surface area contributed by atoms with Gasteiger partial charge in [-0.2, -0.15) is 5.10 Å². The first-order valence-corrected chi connectivity index (χ1v) is 6.54. The van der Waals surface area contributed by atoms with E-state index in [2.05, 4.69) is 29.6 Å². The highest BCUT2D eigenvalue weighted by Gasteiger charge is 2.09. The summed E-state index contributed by atoms with van der Waals surface area (Å²) in [6.07, 6.45) is 4.94. The molecule has 0 saturated heterocycles. The number of aryl methyl sites for hydroxylation is 1. The van der Waals surface area contributed by atoms with Crippen molar-refractivity contribution in [3.8, 4) is 5.75 Å². The van der Waals surface area contributed by atoms with Crippen LogP contribution in [0.15, 0.2) is 36.7 Å². The van der Waals surface area contributed by atoms with E-state index in [-0.39, 0.29) is 6.04 Å². The van der Waals surface area contributed by atoms with Gasteiger partial charge in [-0.25, -0.2) is 0 Å². The molecule has 0 unspecified atom stereocenters. The Hall–Kier alpha value is -1.81. The molecule has 1 heterocycles. The van der Waals surface area contributed by atoms with Crippen molar-refractivity contribution in [3.63, 3.8) is 0 Å². The van der Waals surface area contributed by atoms with Crippen LogP contribution < -0.4 is 10.1 Å². The van der Waals surface area contributed by atoms with Crippen LogP contribution in [0.4, 0.5) is 0 Å². The smallest absolute Gasteiger partial charge is 0.123 e. The molecular formula is C15H21N3O. The molecule has 2 aromatic rings. The molecule has 0 saturated carbocycles. The highest BCUT2D eigenvalue weighted by atomic mass is 16.5. The van der Waals surface area contributed by atoms with E-state index in [1.54, 1.807) is 7.11 Å². The van der Waals surface area contributed by atoms with E-state index >= 15 is 0 Å². The average Bonchev–Trinajstić information content (AvgIpc) is 2.84. The second-order valence-electron chi connectivity index (χ2n) is 4.69. The fourth-order valence-electron chi connectivity index (χ4n) is 2.17. The Balaban J connectivity index is 1.88. The summed E-state index contributed by atoms with van der Waals surface area (Å²) in [5.41, 5.74) is 2.44. The molecule has 1 atom stereocenters. The third-order valence-electron chi connectivity index (χ3n) is 3.23. The summed E-state index contributed by atoms with van der Waals surface area (Å²) >= 11 is 0. The molecule has 1 aromatic carbocycles. The number of methoxy groups -OCH3 is 1. The molecule has 0 radical (unpaired) electrons. The number of nitrogens with one attached hydrogen (secondary N) is 1. The lowest BCUT2D eigenvalue weighted by atomic mass is 10.1. The van der Waals surface area contributed by atoms with Crippen LogP contribution in [0.1, 0.15) is 24.1 Å². The molecule has 19 heavy (non-hydrogen) atoms. The van der Waals surface area contributed by atoms with E-state index < -0.39 is 0 Å². The third-order valence-corrected chi connectivity index (χ3v) is 3.23. The monoisotopic (exact) mass is 259 g/mol. The van der Waals surface area contributed by atoms with Crippen molar-refractivity contribution in [3.05, 3.63) is 47.8 Å². The molecule has 0 fully saturated rings. The number of hydrogen-bond acceptors (Lipinski definition) is 3. The fraction of sp³-hybridized carbons (Fsp3) is 0.400. The molecule has 0 aliphatic rings. The van der Waals surface area contributed by atoms with E-state index in [1.165, 1.54) is 11.1 Å². The van der Waals surface area contributed by atoms with Gasteiger partial charge in [0, 0.05) is 24.8 Å². The number of hydrogen-bond donors (Lipinski definition) is 1. The number of para-hydroxylation sites is 1. The molecule has 0 bridgehead atoms. The van der Waals surface area contributed by atoms with Crippen molar-refractivity contribution in [1.29, 1.82) is 0 Å². The molecule has 0 aliphatic carbocycles. The molecule has 1 aromatic heterocycles. The van der Waals surface area contributed by atoms with Gasteiger partial charge in [0.2, 0.25) is 0 Å². The van der Waals surface area contributed by atoms with E-state index in [1.807, 2.05) is 36.1 Å². The lowest BCUT2D eigenvalue weighted by Gasteiger charge is -2.16. The molecule has 4 nitrogen and oxygen atoms in total. The Morgan fingerprint density at radius 2 is 2.16 bits per heavy atom. The number of benzene rings is 1. The summed E-state index contributed by atoms with van der Waals surface area (Å²) in [4.78, 5) is 0. The summed E-state index contributed by atoms with van der Waals surface area (Å²) in [7, 11) is 3.65. The first kappa shape index (κ1) is 13.6. The standard InChI is InChI=1S/C15H21N3O/c1-12(14-6-4-5-7-15(14)19-3)16-9-8-13-10-17-18(2)11-13/h4-7,10-12,16H,8-9H2,1-3H3/t12-/m0/s1. The lowest BCUT2D eigenvalue weighted by Crippen LogP contribution is -2.21. The largest absolute Gasteiger partial charge is 0.496 e. The zero-order valence-corrected chi connectivity index (χ0v) is 11.8. The first-order valence-electron chi connectivity index (χ1n) is 6.54. The van der Waals surface area contributed by atoms with Gasteiger partial charge in [-0.1, -0.05) is 18.2 Å². The number of aromatic nitrogens is 2. The quantitative estimate of drug-likeness (QED) is 0.865. The first-order chi connectivity index (χ1) is 9.20. The minimum absolute atomic E-state index is 0.271. The van der Waals surface area contributed by atoms with Gasteiger partial charge in [-0.15, -0.1) is 0 Å². The number of rotatable bonds is 6. The molecule has 2 rings (SSSR count). The van der Waals surface area contributed by atoms with Crippen molar-refractivity contribution < 1.29 is 4.74 Å². The Morgan fingerprint density at radius 1 is 1.37 bits per heavy atom. The van der Waals surface area contributed by atoms with Gasteiger partial charge in [-0.3, -0.25) is 4.68 Å². The predicted molar refractivity (Wildman–Crippen MR) is 76.3 cm³/mol. The van der Waals surface area contributed by atoms with Gasteiger partial charge in [0.25, 0.3) is 0 Å². The van der Waals surface area contributed by atoms with Crippen molar-refractivity contribution in [2.24, 2.45) is 7.05 Å². The van der Waals surface area contributed by atoms with Crippen LogP contribution in [0.3, 0.4) is 0 Å². The molecule has 102 valence electrons. The Bertz CT molecular complexity index is 522. The summed E-state index contributed by atoms with van der Waals surface area (Å²) in [6, 6.07) is 8.39. The lowest BCUT2D eigenvalue weighted by molar-refractivity contribution is 0.402.